The van der Waals surface area contributed by atoms with Gasteiger partial charge in [-0.3, -0.25) is 4.79 Å². The van der Waals surface area contributed by atoms with E-state index in [1.165, 1.54) is 0 Å². The SMILES string of the molecule is CC(CCNC=O)NC(=O)OC(C)(C)C. The zero-order valence-corrected chi connectivity index (χ0v) is 9.79. The first-order valence-electron chi connectivity index (χ1n) is 5.01. The summed E-state index contributed by atoms with van der Waals surface area (Å²) in [6.45, 7) is 7.83. The zero-order valence-electron chi connectivity index (χ0n) is 9.79. The molecule has 0 spiro atoms. The van der Waals surface area contributed by atoms with Crippen LogP contribution in [0.2, 0.25) is 0 Å². The van der Waals surface area contributed by atoms with E-state index < -0.39 is 11.7 Å². The summed E-state index contributed by atoms with van der Waals surface area (Å²) in [5.74, 6) is 0. The average Bonchev–Trinajstić information content (AvgIpc) is 2.00. The quantitative estimate of drug-likeness (QED) is 0.533. The van der Waals surface area contributed by atoms with Gasteiger partial charge in [0.05, 0.1) is 0 Å². The molecule has 0 heterocycles. The summed E-state index contributed by atoms with van der Waals surface area (Å²) in [6.07, 6.45) is 0.888. The van der Waals surface area contributed by atoms with E-state index in [1.54, 1.807) is 0 Å². The van der Waals surface area contributed by atoms with Crippen molar-refractivity contribution in [2.45, 2.75) is 45.8 Å². The number of rotatable bonds is 5. The lowest BCUT2D eigenvalue weighted by atomic mass is 10.2. The van der Waals surface area contributed by atoms with Crippen LogP contribution in [0.15, 0.2) is 0 Å². The number of nitrogens with one attached hydrogen (secondary N) is 2. The van der Waals surface area contributed by atoms with Gasteiger partial charge in [-0.1, -0.05) is 0 Å². The van der Waals surface area contributed by atoms with Crippen LogP contribution < -0.4 is 10.6 Å². The Morgan fingerprint density at radius 3 is 2.53 bits per heavy atom. The van der Waals surface area contributed by atoms with Crippen molar-refractivity contribution in [1.82, 2.24) is 10.6 Å². The third kappa shape index (κ3) is 9.05. The standard InChI is InChI=1S/C10H20N2O3/c1-8(5-6-11-7-13)12-9(14)15-10(2,3)4/h7-8H,5-6H2,1-4H3,(H,11,13)(H,12,14). The van der Waals surface area contributed by atoms with Crippen molar-refractivity contribution in [2.75, 3.05) is 6.54 Å². The largest absolute Gasteiger partial charge is 0.444 e. The van der Waals surface area contributed by atoms with Crippen LogP contribution in [0.1, 0.15) is 34.1 Å². The summed E-state index contributed by atoms with van der Waals surface area (Å²) >= 11 is 0. The molecule has 1 unspecified atom stereocenters. The third-order valence-corrected chi connectivity index (χ3v) is 1.57. The van der Waals surface area contributed by atoms with Crippen LogP contribution >= 0.6 is 0 Å². The minimum atomic E-state index is -0.481. The van der Waals surface area contributed by atoms with E-state index in [1.807, 2.05) is 27.7 Å². The first-order valence-corrected chi connectivity index (χ1v) is 5.01. The number of hydrogen-bond donors (Lipinski definition) is 2. The van der Waals surface area contributed by atoms with E-state index in [9.17, 15) is 9.59 Å². The monoisotopic (exact) mass is 216 g/mol. The zero-order chi connectivity index (χ0) is 11.9. The molecule has 0 aromatic carbocycles. The molecule has 0 bridgehead atoms. The van der Waals surface area contributed by atoms with Gasteiger partial charge in [-0.05, 0) is 34.1 Å². The molecule has 0 aromatic rings. The Labute approximate surface area is 90.6 Å². The number of carbonyl (C=O) groups is 2. The van der Waals surface area contributed by atoms with Gasteiger partial charge in [-0.15, -0.1) is 0 Å². The van der Waals surface area contributed by atoms with E-state index in [0.29, 0.717) is 19.4 Å². The summed E-state index contributed by atoms with van der Waals surface area (Å²) in [5, 5.41) is 5.21. The van der Waals surface area contributed by atoms with Crippen LogP contribution in [0.5, 0.6) is 0 Å². The topological polar surface area (TPSA) is 67.4 Å². The van der Waals surface area contributed by atoms with Gasteiger partial charge in [-0.25, -0.2) is 4.79 Å². The smallest absolute Gasteiger partial charge is 0.407 e. The van der Waals surface area contributed by atoms with E-state index in [4.69, 9.17) is 4.74 Å². The highest BCUT2D eigenvalue weighted by Gasteiger charge is 2.17. The van der Waals surface area contributed by atoms with Gasteiger partial charge in [0.2, 0.25) is 6.41 Å². The van der Waals surface area contributed by atoms with Crippen molar-refractivity contribution in [1.29, 1.82) is 0 Å². The minimum absolute atomic E-state index is 0.0210. The highest BCUT2D eigenvalue weighted by Crippen LogP contribution is 2.06. The molecule has 5 nitrogen and oxygen atoms in total. The molecule has 15 heavy (non-hydrogen) atoms. The van der Waals surface area contributed by atoms with Crippen LogP contribution in [0.25, 0.3) is 0 Å². The summed E-state index contributed by atoms with van der Waals surface area (Å²) < 4.78 is 5.07. The summed E-state index contributed by atoms with van der Waals surface area (Å²) in [7, 11) is 0. The van der Waals surface area contributed by atoms with Crippen molar-refractivity contribution in [3.8, 4) is 0 Å². The Hall–Kier alpha value is -1.26. The van der Waals surface area contributed by atoms with E-state index in [-0.39, 0.29) is 6.04 Å². The molecule has 2 N–H and O–H groups in total. The van der Waals surface area contributed by atoms with Crippen LogP contribution in [0.4, 0.5) is 4.79 Å². The molecule has 5 heteroatoms. The summed E-state index contributed by atoms with van der Waals surface area (Å²) in [4.78, 5) is 21.3. The molecule has 0 saturated carbocycles. The molecular formula is C10H20N2O3. The molecule has 0 radical (unpaired) electrons. The Balaban J connectivity index is 3.71. The molecule has 0 fully saturated rings. The predicted molar refractivity (Wildman–Crippen MR) is 57.5 cm³/mol. The molecule has 0 rings (SSSR count). The van der Waals surface area contributed by atoms with E-state index in [0.717, 1.165) is 0 Å². The van der Waals surface area contributed by atoms with Crippen molar-refractivity contribution in [2.24, 2.45) is 0 Å². The molecule has 88 valence electrons. The normalized spacial score (nSPS) is 12.8. The lowest BCUT2D eigenvalue weighted by Crippen LogP contribution is -2.38. The van der Waals surface area contributed by atoms with Gasteiger partial charge in [-0.2, -0.15) is 0 Å². The fraction of sp³-hybridized carbons (Fsp3) is 0.800. The number of amides is 2. The number of ether oxygens (including phenoxy) is 1. The Morgan fingerprint density at radius 2 is 2.07 bits per heavy atom. The maximum absolute atomic E-state index is 11.3. The third-order valence-electron chi connectivity index (χ3n) is 1.57. The Morgan fingerprint density at radius 1 is 1.47 bits per heavy atom. The molecule has 1 atom stereocenters. The second-order valence-corrected chi connectivity index (χ2v) is 4.41. The summed E-state index contributed by atoms with van der Waals surface area (Å²) in [5.41, 5.74) is -0.481. The van der Waals surface area contributed by atoms with Gasteiger partial charge < -0.3 is 15.4 Å². The minimum Gasteiger partial charge on any atom is -0.444 e. The first-order chi connectivity index (χ1) is 6.85. The first kappa shape index (κ1) is 13.7. The number of carbonyl (C=O) groups excluding carboxylic acids is 2. The lowest BCUT2D eigenvalue weighted by molar-refractivity contribution is -0.109. The number of hydrogen-bond acceptors (Lipinski definition) is 3. The average molecular weight is 216 g/mol. The molecule has 0 aliphatic carbocycles. The van der Waals surface area contributed by atoms with Crippen molar-refractivity contribution < 1.29 is 14.3 Å². The maximum atomic E-state index is 11.3. The molecule has 0 aliphatic rings. The second-order valence-electron chi connectivity index (χ2n) is 4.41. The molecule has 0 saturated heterocycles. The molecular weight excluding hydrogens is 196 g/mol. The fourth-order valence-corrected chi connectivity index (χ4v) is 0.940. The van der Waals surface area contributed by atoms with Gasteiger partial charge in [0.25, 0.3) is 0 Å². The van der Waals surface area contributed by atoms with Crippen LogP contribution in [0, 0.1) is 0 Å². The van der Waals surface area contributed by atoms with Gasteiger partial charge in [0, 0.05) is 12.6 Å². The maximum Gasteiger partial charge on any atom is 0.407 e. The lowest BCUT2D eigenvalue weighted by Gasteiger charge is -2.21. The number of alkyl carbamates (subject to hydrolysis) is 1. The highest BCUT2D eigenvalue weighted by molar-refractivity contribution is 5.68. The van der Waals surface area contributed by atoms with Gasteiger partial charge in [0.1, 0.15) is 5.60 Å². The van der Waals surface area contributed by atoms with Crippen LogP contribution in [-0.4, -0.2) is 30.7 Å². The van der Waals surface area contributed by atoms with E-state index >= 15 is 0 Å². The predicted octanol–water partition coefficient (Wildman–Crippen LogP) is 1.04. The second kappa shape index (κ2) is 6.27. The van der Waals surface area contributed by atoms with E-state index in [2.05, 4.69) is 10.6 Å². The van der Waals surface area contributed by atoms with Crippen LogP contribution in [0.3, 0.4) is 0 Å². The van der Waals surface area contributed by atoms with Gasteiger partial charge in [0.15, 0.2) is 0 Å². The molecule has 2 amide bonds. The molecule has 0 aromatic heterocycles. The Bertz CT molecular complexity index is 211. The van der Waals surface area contributed by atoms with Crippen molar-refractivity contribution in [3.63, 3.8) is 0 Å². The van der Waals surface area contributed by atoms with Crippen molar-refractivity contribution >= 4 is 12.5 Å². The summed E-state index contributed by atoms with van der Waals surface area (Å²) in [6, 6.07) is -0.0210. The van der Waals surface area contributed by atoms with Crippen LogP contribution in [-0.2, 0) is 9.53 Å². The fourth-order valence-electron chi connectivity index (χ4n) is 0.940. The molecule has 0 aliphatic heterocycles. The van der Waals surface area contributed by atoms with Gasteiger partial charge >= 0.3 is 6.09 Å². The highest BCUT2D eigenvalue weighted by atomic mass is 16.6. The van der Waals surface area contributed by atoms with Crippen molar-refractivity contribution in [3.05, 3.63) is 0 Å². The Kier molecular flexibility index (Phi) is 5.74.